The third kappa shape index (κ3) is 5.73. The van der Waals surface area contributed by atoms with Gasteiger partial charge in [-0.15, -0.1) is 6.58 Å². The van der Waals surface area contributed by atoms with Gasteiger partial charge in [0.2, 0.25) is 0 Å². The second-order valence-electron chi connectivity index (χ2n) is 4.05. The number of rotatable bonds is 10. The summed E-state index contributed by atoms with van der Waals surface area (Å²) in [5.41, 5.74) is 0. The van der Waals surface area contributed by atoms with Crippen molar-refractivity contribution < 1.29 is 9.47 Å². The van der Waals surface area contributed by atoms with Gasteiger partial charge in [0, 0.05) is 6.54 Å². The van der Waals surface area contributed by atoms with Gasteiger partial charge in [-0.2, -0.15) is 0 Å². The molecular formula is C15H23NO2. The number of ether oxygens (including phenoxy) is 2. The number of methoxy groups -OCH3 is 1. The quantitative estimate of drug-likeness (QED) is 0.511. The molecule has 0 saturated heterocycles. The number of hydrogen-bond donors (Lipinski definition) is 1. The molecule has 0 bridgehead atoms. The van der Waals surface area contributed by atoms with Gasteiger partial charge >= 0.3 is 0 Å². The molecule has 0 aliphatic rings. The number of hydrogen-bond acceptors (Lipinski definition) is 3. The molecule has 1 aromatic rings. The summed E-state index contributed by atoms with van der Waals surface area (Å²) in [5.74, 6) is 1.62. The van der Waals surface area contributed by atoms with Gasteiger partial charge in [0.25, 0.3) is 0 Å². The van der Waals surface area contributed by atoms with Crippen molar-refractivity contribution in [1.29, 1.82) is 0 Å². The summed E-state index contributed by atoms with van der Waals surface area (Å²) in [6, 6.07) is 7.74. The lowest BCUT2D eigenvalue weighted by Gasteiger charge is -2.10. The van der Waals surface area contributed by atoms with Crippen LogP contribution in [-0.4, -0.2) is 26.8 Å². The van der Waals surface area contributed by atoms with Gasteiger partial charge in [0.15, 0.2) is 11.5 Å². The maximum atomic E-state index is 5.69. The molecular weight excluding hydrogens is 226 g/mol. The van der Waals surface area contributed by atoms with E-state index in [1.165, 1.54) is 12.8 Å². The average molecular weight is 249 g/mol. The van der Waals surface area contributed by atoms with E-state index in [0.29, 0.717) is 0 Å². The van der Waals surface area contributed by atoms with Crippen molar-refractivity contribution in [1.82, 2.24) is 5.32 Å². The monoisotopic (exact) mass is 249 g/mol. The molecule has 0 aliphatic heterocycles. The summed E-state index contributed by atoms with van der Waals surface area (Å²) in [6.45, 7) is 6.33. The Morgan fingerprint density at radius 1 is 1.17 bits per heavy atom. The van der Waals surface area contributed by atoms with E-state index in [2.05, 4.69) is 11.9 Å². The van der Waals surface area contributed by atoms with Crippen LogP contribution in [0.15, 0.2) is 36.9 Å². The van der Waals surface area contributed by atoms with Gasteiger partial charge in [0.1, 0.15) is 0 Å². The van der Waals surface area contributed by atoms with E-state index in [4.69, 9.17) is 9.47 Å². The molecule has 3 nitrogen and oxygen atoms in total. The zero-order valence-electron chi connectivity index (χ0n) is 11.2. The zero-order chi connectivity index (χ0) is 13.1. The first-order valence-corrected chi connectivity index (χ1v) is 6.46. The van der Waals surface area contributed by atoms with E-state index in [-0.39, 0.29) is 0 Å². The second kappa shape index (κ2) is 9.54. The molecule has 100 valence electrons. The SMILES string of the molecule is C=CCNCCCCCOc1ccccc1OC. The van der Waals surface area contributed by atoms with Crippen LogP contribution < -0.4 is 14.8 Å². The highest BCUT2D eigenvalue weighted by atomic mass is 16.5. The highest BCUT2D eigenvalue weighted by Crippen LogP contribution is 2.25. The molecule has 18 heavy (non-hydrogen) atoms. The molecule has 1 aromatic carbocycles. The predicted octanol–water partition coefficient (Wildman–Crippen LogP) is 3.02. The average Bonchev–Trinajstić information content (AvgIpc) is 2.42. The van der Waals surface area contributed by atoms with Gasteiger partial charge in [-0.05, 0) is 37.9 Å². The fourth-order valence-electron chi connectivity index (χ4n) is 1.65. The lowest BCUT2D eigenvalue weighted by molar-refractivity contribution is 0.285. The zero-order valence-corrected chi connectivity index (χ0v) is 11.2. The van der Waals surface area contributed by atoms with Crippen molar-refractivity contribution in [3.63, 3.8) is 0 Å². The Morgan fingerprint density at radius 3 is 2.67 bits per heavy atom. The Hall–Kier alpha value is -1.48. The molecule has 0 saturated carbocycles. The van der Waals surface area contributed by atoms with E-state index in [9.17, 15) is 0 Å². The highest BCUT2D eigenvalue weighted by molar-refractivity contribution is 5.39. The van der Waals surface area contributed by atoms with Crippen LogP contribution >= 0.6 is 0 Å². The Morgan fingerprint density at radius 2 is 1.94 bits per heavy atom. The van der Waals surface area contributed by atoms with Crippen LogP contribution in [-0.2, 0) is 0 Å². The normalized spacial score (nSPS) is 10.1. The van der Waals surface area contributed by atoms with Crippen LogP contribution in [0, 0.1) is 0 Å². The van der Waals surface area contributed by atoms with Crippen LogP contribution in [0.2, 0.25) is 0 Å². The Balaban J connectivity index is 2.08. The summed E-state index contributed by atoms with van der Waals surface area (Å²) in [5, 5.41) is 3.28. The first-order chi connectivity index (χ1) is 8.88. The maximum absolute atomic E-state index is 5.69. The van der Waals surface area contributed by atoms with Crippen molar-refractivity contribution in [2.24, 2.45) is 0 Å². The fraction of sp³-hybridized carbons (Fsp3) is 0.467. The minimum atomic E-state index is 0.738. The molecule has 1 rings (SSSR count). The van der Waals surface area contributed by atoms with Crippen molar-refractivity contribution in [3.8, 4) is 11.5 Å². The van der Waals surface area contributed by atoms with Gasteiger partial charge in [-0.3, -0.25) is 0 Å². The van der Waals surface area contributed by atoms with E-state index >= 15 is 0 Å². The van der Waals surface area contributed by atoms with Crippen LogP contribution in [0.1, 0.15) is 19.3 Å². The van der Waals surface area contributed by atoms with Crippen LogP contribution in [0.25, 0.3) is 0 Å². The number of nitrogens with one attached hydrogen (secondary N) is 1. The molecule has 0 fully saturated rings. The third-order valence-electron chi connectivity index (χ3n) is 2.61. The first kappa shape index (κ1) is 14.6. The highest BCUT2D eigenvalue weighted by Gasteiger charge is 2.01. The summed E-state index contributed by atoms with van der Waals surface area (Å²) in [4.78, 5) is 0. The fourth-order valence-corrected chi connectivity index (χ4v) is 1.65. The number of para-hydroxylation sites is 2. The standard InChI is InChI=1S/C15H23NO2/c1-3-11-16-12-7-4-8-13-18-15-10-6-5-9-14(15)17-2/h3,5-6,9-10,16H,1,4,7-8,11-13H2,2H3. The molecule has 0 spiro atoms. The van der Waals surface area contributed by atoms with Crippen LogP contribution in [0.4, 0.5) is 0 Å². The maximum Gasteiger partial charge on any atom is 0.161 e. The van der Waals surface area contributed by atoms with Gasteiger partial charge in [0.05, 0.1) is 13.7 Å². The minimum absolute atomic E-state index is 0.738. The van der Waals surface area contributed by atoms with Crippen molar-refractivity contribution in [3.05, 3.63) is 36.9 Å². The molecule has 0 radical (unpaired) electrons. The van der Waals surface area contributed by atoms with Crippen LogP contribution in [0.5, 0.6) is 11.5 Å². The smallest absolute Gasteiger partial charge is 0.161 e. The van der Waals surface area contributed by atoms with E-state index in [1.54, 1.807) is 7.11 Å². The van der Waals surface area contributed by atoms with Crippen molar-refractivity contribution in [2.75, 3.05) is 26.8 Å². The lowest BCUT2D eigenvalue weighted by atomic mass is 10.2. The van der Waals surface area contributed by atoms with Gasteiger partial charge < -0.3 is 14.8 Å². The molecule has 0 heterocycles. The minimum Gasteiger partial charge on any atom is -0.493 e. The molecule has 0 unspecified atom stereocenters. The lowest BCUT2D eigenvalue weighted by Crippen LogP contribution is -2.14. The number of benzene rings is 1. The predicted molar refractivity (Wildman–Crippen MR) is 75.4 cm³/mol. The van der Waals surface area contributed by atoms with Crippen molar-refractivity contribution in [2.45, 2.75) is 19.3 Å². The molecule has 0 aromatic heterocycles. The first-order valence-electron chi connectivity index (χ1n) is 6.46. The Labute approximate surface area is 110 Å². The van der Waals surface area contributed by atoms with E-state index < -0.39 is 0 Å². The molecule has 0 aliphatic carbocycles. The van der Waals surface area contributed by atoms with E-state index in [1.807, 2.05) is 30.3 Å². The summed E-state index contributed by atoms with van der Waals surface area (Å²) >= 11 is 0. The Bertz CT molecular complexity index is 339. The number of unbranched alkanes of at least 4 members (excludes halogenated alkanes) is 2. The Kier molecular flexibility index (Phi) is 7.73. The van der Waals surface area contributed by atoms with Crippen molar-refractivity contribution >= 4 is 0 Å². The van der Waals surface area contributed by atoms with E-state index in [0.717, 1.165) is 37.6 Å². The second-order valence-corrected chi connectivity index (χ2v) is 4.05. The summed E-state index contributed by atoms with van der Waals surface area (Å²) in [6.07, 6.45) is 5.28. The molecule has 0 amide bonds. The summed E-state index contributed by atoms with van der Waals surface area (Å²) < 4.78 is 10.9. The third-order valence-corrected chi connectivity index (χ3v) is 2.61. The van der Waals surface area contributed by atoms with Crippen LogP contribution in [0.3, 0.4) is 0 Å². The van der Waals surface area contributed by atoms with Gasteiger partial charge in [-0.1, -0.05) is 18.2 Å². The summed E-state index contributed by atoms with van der Waals surface area (Å²) in [7, 11) is 1.66. The largest absolute Gasteiger partial charge is 0.493 e. The molecule has 1 N–H and O–H groups in total. The van der Waals surface area contributed by atoms with Gasteiger partial charge in [-0.25, -0.2) is 0 Å². The molecule has 3 heteroatoms. The molecule has 0 atom stereocenters. The topological polar surface area (TPSA) is 30.5 Å².